The summed E-state index contributed by atoms with van der Waals surface area (Å²) in [5, 5.41) is 3.56. The van der Waals surface area contributed by atoms with E-state index in [2.05, 4.69) is 58.5 Å². The Morgan fingerprint density at radius 1 is 1.05 bits per heavy atom. The number of anilines is 1. The maximum Gasteiger partial charge on any atom is 0.0366 e. The number of pyridine rings is 1. The van der Waals surface area contributed by atoms with Gasteiger partial charge in [0.15, 0.2) is 0 Å². The summed E-state index contributed by atoms with van der Waals surface area (Å²) >= 11 is 0. The van der Waals surface area contributed by atoms with E-state index >= 15 is 0 Å². The number of nitrogens with one attached hydrogen (secondary N) is 1. The van der Waals surface area contributed by atoms with E-state index in [4.69, 9.17) is 0 Å². The second-order valence-corrected chi connectivity index (χ2v) is 5.74. The minimum atomic E-state index is 0.339. The van der Waals surface area contributed by atoms with Gasteiger partial charge in [0.1, 0.15) is 0 Å². The third-order valence-electron chi connectivity index (χ3n) is 4.23. The van der Waals surface area contributed by atoms with Crippen molar-refractivity contribution in [3.63, 3.8) is 0 Å². The maximum absolute atomic E-state index is 4.06. The van der Waals surface area contributed by atoms with Gasteiger partial charge >= 0.3 is 0 Å². The zero-order valence-corrected chi connectivity index (χ0v) is 12.6. The van der Waals surface area contributed by atoms with Gasteiger partial charge in [-0.05, 0) is 55.2 Å². The van der Waals surface area contributed by atoms with Crippen molar-refractivity contribution in [3.05, 3.63) is 59.9 Å². The Balaban J connectivity index is 1.55. The van der Waals surface area contributed by atoms with Crippen LogP contribution in [0.15, 0.2) is 48.8 Å². The van der Waals surface area contributed by atoms with Gasteiger partial charge in [0.05, 0.1) is 0 Å². The average molecular weight is 281 g/mol. The molecule has 1 saturated heterocycles. The van der Waals surface area contributed by atoms with Crippen molar-refractivity contribution >= 4 is 5.69 Å². The van der Waals surface area contributed by atoms with E-state index in [1.807, 2.05) is 12.4 Å². The number of aromatic nitrogens is 1. The van der Waals surface area contributed by atoms with Gasteiger partial charge < -0.3 is 10.2 Å². The number of rotatable bonds is 5. The summed E-state index contributed by atoms with van der Waals surface area (Å²) in [6.45, 7) is 5.49. The van der Waals surface area contributed by atoms with Crippen molar-refractivity contribution < 1.29 is 0 Å². The second-order valence-electron chi connectivity index (χ2n) is 5.74. The van der Waals surface area contributed by atoms with Crippen molar-refractivity contribution in [2.24, 2.45) is 0 Å². The number of nitrogens with zero attached hydrogens (tertiary/aromatic N) is 2. The quantitative estimate of drug-likeness (QED) is 0.908. The minimum Gasteiger partial charge on any atom is -0.372 e. The second kappa shape index (κ2) is 6.72. The van der Waals surface area contributed by atoms with Crippen molar-refractivity contribution in [3.8, 4) is 0 Å². The molecule has 1 fully saturated rings. The first kappa shape index (κ1) is 14.1. The fourth-order valence-corrected chi connectivity index (χ4v) is 2.84. The molecule has 0 spiro atoms. The summed E-state index contributed by atoms with van der Waals surface area (Å²) in [5.74, 6) is 0. The molecule has 0 amide bonds. The number of hydrogen-bond donors (Lipinski definition) is 1. The van der Waals surface area contributed by atoms with Crippen LogP contribution in [0.3, 0.4) is 0 Å². The topological polar surface area (TPSA) is 28.2 Å². The molecular formula is C18H23N3. The molecule has 0 radical (unpaired) electrons. The molecule has 1 aliphatic heterocycles. The van der Waals surface area contributed by atoms with Crippen LogP contribution in [-0.4, -0.2) is 18.1 Å². The third kappa shape index (κ3) is 3.61. The van der Waals surface area contributed by atoms with Crippen LogP contribution in [0.2, 0.25) is 0 Å². The van der Waals surface area contributed by atoms with Crippen LogP contribution in [0.5, 0.6) is 0 Å². The molecule has 0 unspecified atom stereocenters. The van der Waals surface area contributed by atoms with Gasteiger partial charge in [-0.25, -0.2) is 0 Å². The van der Waals surface area contributed by atoms with Gasteiger partial charge in [-0.15, -0.1) is 0 Å². The van der Waals surface area contributed by atoms with E-state index in [9.17, 15) is 0 Å². The zero-order valence-electron chi connectivity index (χ0n) is 12.6. The van der Waals surface area contributed by atoms with Gasteiger partial charge in [0, 0.05) is 43.8 Å². The molecule has 1 aromatic carbocycles. The van der Waals surface area contributed by atoms with Gasteiger partial charge in [-0.3, -0.25) is 4.98 Å². The highest BCUT2D eigenvalue weighted by Gasteiger charge is 2.11. The van der Waals surface area contributed by atoms with E-state index < -0.39 is 0 Å². The highest BCUT2D eigenvalue weighted by molar-refractivity contribution is 5.48. The molecule has 2 heterocycles. The summed E-state index contributed by atoms with van der Waals surface area (Å²) in [6.07, 6.45) is 6.34. The Kier molecular flexibility index (Phi) is 4.51. The van der Waals surface area contributed by atoms with Crippen LogP contribution in [-0.2, 0) is 6.54 Å². The standard InChI is InChI=1S/C18H23N3/c1-15(17-8-10-19-11-9-17)20-14-16-4-6-18(7-5-16)21-12-2-3-13-21/h4-11,15,20H,2-3,12-14H2,1H3/t15-/m0/s1. The van der Waals surface area contributed by atoms with Gasteiger partial charge in [-0.2, -0.15) is 0 Å². The van der Waals surface area contributed by atoms with E-state index in [-0.39, 0.29) is 0 Å². The average Bonchev–Trinajstić information content (AvgIpc) is 3.08. The first-order valence-electron chi connectivity index (χ1n) is 7.80. The van der Waals surface area contributed by atoms with Crippen molar-refractivity contribution in [2.75, 3.05) is 18.0 Å². The molecule has 1 aromatic heterocycles. The van der Waals surface area contributed by atoms with Crippen LogP contribution in [0.25, 0.3) is 0 Å². The molecule has 1 atom stereocenters. The van der Waals surface area contributed by atoms with E-state index in [1.54, 1.807) is 0 Å². The largest absolute Gasteiger partial charge is 0.372 e. The molecule has 1 aliphatic rings. The highest BCUT2D eigenvalue weighted by atomic mass is 15.1. The Bertz CT molecular complexity index is 544. The molecule has 3 nitrogen and oxygen atoms in total. The summed E-state index contributed by atoms with van der Waals surface area (Å²) in [4.78, 5) is 6.53. The fraction of sp³-hybridized carbons (Fsp3) is 0.389. The number of benzene rings is 1. The Morgan fingerprint density at radius 3 is 2.38 bits per heavy atom. The smallest absolute Gasteiger partial charge is 0.0366 e. The molecule has 21 heavy (non-hydrogen) atoms. The fourth-order valence-electron chi connectivity index (χ4n) is 2.84. The zero-order chi connectivity index (χ0) is 14.5. The van der Waals surface area contributed by atoms with Crippen LogP contribution in [0.4, 0.5) is 5.69 Å². The molecule has 2 aromatic rings. The van der Waals surface area contributed by atoms with Crippen LogP contribution in [0.1, 0.15) is 36.9 Å². The van der Waals surface area contributed by atoms with Crippen LogP contribution in [0, 0.1) is 0 Å². The van der Waals surface area contributed by atoms with E-state index in [1.165, 1.54) is 42.7 Å². The van der Waals surface area contributed by atoms with Crippen molar-refractivity contribution in [1.29, 1.82) is 0 Å². The lowest BCUT2D eigenvalue weighted by atomic mass is 10.1. The lowest BCUT2D eigenvalue weighted by Crippen LogP contribution is -2.19. The predicted octanol–water partition coefficient (Wildman–Crippen LogP) is 3.53. The van der Waals surface area contributed by atoms with Gasteiger partial charge in [-0.1, -0.05) is 12.1 Å². The van der Waals surface area contributed by atoms with Crippen LogP contribution < -0.4 is 10.2 Å². The summed E-state index contributed by atoms with van der Waals surface area (Å²) in [7, 11) is 0. The first-order chi connectivity index (χ1) is 10.3. The molecule has 0 bridgehead atoms. The highest BCUT2D eigenvalue weighted by Crippen LogP contribution is 2.20. The third-order valence-corrected chi connectivity index (χ3v) is 4.23. The number of hydrogen-bond acceptors (Lipinski definition) is 3. The maximum atomic E-state index is 4.06. The van der Waals surface area contributed by atoms with Crippen molar-refractivity contribution in [1.82, 2.24) is 10.3 Å². The minimum absolute atomic E-state index is 0.339. The first-order valence-corrected chi connectivity index (χ1v) is 7.80. The monoisotopic (exact) mass is 281 g/mol. The summed E-state index contributed by atoms with van der Waals surface area (Å²) in [5.41, 5.74) is 3.97. The van der Waals surface area contributed by atoms with Gasteiger partial charge in [0.25, 0.3) is 0 Å². The molecule has 3 rings (SSSR count). The van der Waals surface area contributed by atoms with Crippen molar-refractivity contribution in [2.45, 2.75) is 32.4 Å². The predicted molar refractivity (Wildman–Crippen MR) is 87.4 cm³/mol. The van der Waals surface area contributed by atoms with Gasteiger partial charge in [0.2, 0.25) is 0 Å². The Morgan fingerprint density at radius 2 is 1.71 bits per heavy atom. The molecule has 1 N–H and O–H groups in total. The lowest BCUT2D eigenvalue weighted by Gasteiger charge is -2.18. The van der Waals surface area contributed by atoms with Crippen LogP contribution >= 0.6 is 0 Å². The molecule has 0 aliphatic carbocycles. The molecule has 110 valence electrons. The SMILES string of the molecule is C[C@H](NCc1ccc(N2CCCC2)cc1)c1ccncc1. The van der Waals surface area contributed by atoms with E-state index in [0.717, 1.165) is 6.54 Å². The molecular weight excluding hydrogens is 258 g/mol. The van der Waals surface area contributed by atoms with E-state index in [0.29, 0.717) is 6.04 Å². The Labute approximate surface area is 127 Å². The normalized spacial score (nSPS) is 16.1. The Hall–Kier alpha value is -1.87. The molecule has 0 saturated carbocycles. The lowest BCUT2D eigenvalue weighted by molar-refractivity contribution is 0.574. The molecule has 3 heteroatoms. The summed E-state index contributed by atoms with van der Waals surface area (Å²) < 4.78 is 0. The summed E-state index contributed by atoms with van der Waals surface area (Å²) in [6, 6.07) is 13.4.